The minimum atomic E-state index is -4.47. The zero-order chi connectivity index (χ0) is 24.5. The summed E-state index contributed by atoms with van der Waals surface area (Å²) < 4.78 is 49.9. The van der Waals surface area contributed by atoms with Crippen LogP contribution in [0.1, 0.15) is 36.8 Å². The molecule has 1 aromatic heterocycles. The van der Waals surface area contributed by atoms with Crippen LogP contribution >= 0.6 is 23.2 Å². The number of pyridine rings is 1. The highest BCUT2D eigenvalue weighted by molar-refractivity contribution is 6.42. The van der Waals surface area contributed by atoms with Crippen LogP contribution in [-0.4, -0.2) is 48.2 Å². The van der Waals surface area contributed by atoms with Crippen molar-refractivity contribution in [3.05, 3.63) is 57.7 Å². The van der Waals surface area contributed by atoms with E-state index in [9.17, 15) is 18.0 Å². The average molecular weight is 517 g/mol. The van der Waals surface area contributed by atoms with E-state index in [1.807, 2.05) is 17.9 Å². The Bertz CT molecular complexity index is 1010. The highest BCUT2D eigenvalue weighted by Crippen LogP contribution is 2.39. The standard InChI is InChI=1S/C24H25Cl2F3N2O3/c1-14(34-22-5-3-17(11-30-22)24(27,28)29)18-12-31(23(32)15-6-8-33-9-7-15)13-19(18)16-2-4-20(25)21(26)10-16/h2-5,10-11,14-15,18-19H,6-9,12-13H2,1H3/t14-,18-,19-/m1/s1. The Morgan fingerprint density at radius 3 is 2.50 bits per heavy atom. The summed E-state index contributed by atoms with van der Waals surface area (Å²) in [6.45, 7) is 3.94. The highest BCUT2D eigenvalue weighted by atomic mass is 35.5. The second-order valence-corrected chi connectivity index (χ2v) is 9.59. The summed E-state index contributed by atoms with van der Waals surface area (Å²) in [7, 11) is 0. The number of carbonyl (C=O) groups is 1. The summed E-state index contributed by atoms with van der Waals surface area (Å²) in [4.78, 5) is 18.9. The summed E-state index contributed by atoms with van der Waals surface area (Å²) in [6.07, 6.45) is -2.74. The van der Waals surface area contributed by atoms with Crippen LogP contribution in [0, 0.1) is 11.8 Å². The van der Waals surface area contributed by atoms with Crippen LogP contribution in [0.3, 0.4) is 0 Å². The van der Waals surface area contributed by atoms with Gasteiger partial charge in [-0.3, -0.25) is 4.79 Å². The van der Waals surface area contributed by atoms with E-state index in [2.05, 4.69) is 4.98 Å². The summed E-state index contributed by atoms with van der Waals surface area (Å²) in [5, 5.41) is 0.860. The number of halogens is 5. The van der Waals surface area contributed by atoms with Gasteiger partial charge in [0.25, 0.3) is 0 Å². The molecular weight excluding hydrogens is 492 g/mol. The lowest BCUT2D eigenvalue weighted by Gasteiger charge is -2.27. The van der Waals surface area contributed by atoms with E-state index in [4.69, 9.17) is 32.7 Å². The SMILES string of the molecule is C[C@@H](Oc1ccc(C(F)(F)F)cn1)[C@H]1CN(C(=O)C2CCOCC2)C[C@@H]1c1ccc(Cl)c(Cl)c1. The maximum Gasteiger partial charge on any atom is 0.417 e. The van der Waals surface area contributed by atoms with Crippen molar-refractivity contribution >= 4 is 29.1 Å². The van der Waals surface area contributed by atoms with E-state index in [1.54, 1.807) is 12.1 Å². The van der Waals surface area contributed by atoms with Crippen LogP contribution in [0.5, 0.6) is 5.88 Å². The van der Waals surface area contributed by atoms with Gasteiger partial charge in [0.05, 0.1) is 15.6 Å². The largest absolute Gasteiger partial charge is 0.474 e. The van der Waals surface area contributed by atoms with Crippen molar-refractivity contribution in [2.24, 2.45) is 11.8 Å². The van der Waals surface area contributed by atoms with E-state index in [-0.39, 0.29) is 29.5 Å². The third kappa shape index (κ3) is 5.61. The predicted octanol–water partition coefficient (Wildman–Crippen LogP) is 5.84. The van der Waals surface area contributed by atoms with Crippen LogP contribution < -0.4 is 4.74 Å². The molecule has 3 heterocycles. The molecule has 0 aliphatic carbocycles. The Balaban J connectivity index is 1.54. The van der Waals surface area contributed by atoms with Gasteiger partial charge in [0.15, 0.2) is 0 Å². The van der Waals surface area contributed by atoms with Crippen LogP contribution in [0.15, 0.2) is 36.5 Å². The van der Waals surface area contributed by atoms with Crippen LogP contribution in [0.4, 0.5) is 13.2 Å². The molecule has 0 radical (unpaired) electrons. The smallest absolute Gasteiger partial charge is 0.417 e. The number of ether oxygens (including phenoxy) is 2. The lowest BCUT2D eigenvalue weighted by molar-refractivity contribution is -0.138. The molecule has 3 atom stereocenters. The molecule has 4 rings (SSSR count). The molecule has 0 bridgehead atoms. The van der Waals surface area contributed by atoms with Crippen molar-refractivity contribution in [3.63, 3.8) is 0 Å². The number of aromatic nitrogens is 1. The minimum absolute atomic E-state index is 0.0743. The molecule has 1 amide bonds. The van der Waals surface area contributed by atoms with Crippen molar-refractivity contribution in [3.8, 4) is 5.88 Å². The fourth-order valence-electron chi connectivity index (χ4n) is 4.68. The number of hydrogen-bond acceptors (Lipinski definition) is 4. The van der Waals surface area contributed by atoms with Gasteiger partial charge in [-0.25, -0.2) is 4.98 Å². The lowest BCUT2D eigenvalue weighted by Crippen LogP contribution is -2.38. The Labute approximate surface area is 206 Å². The summed E-state index contributed by atoms with van der Waals surface area (Å²) in [5.41, 5.74) is 0.0905. The van der Waals surface area contributed by atoms with E-state index in [0.717, 1.165) is 17.8 Å². The van der Waals surface area contributed by atoms with Crippen molar-refractivity contribution in [2.45, 2.75) is 38.0 Å². The van der Waals surface area contributed by atoms with Crippen molar-refractivity contribution in [1.29, 1.82) is 0 Å². The molecular formula is C24H25Cl2F3N2O3. The number of hydrogen-bond donors (Lipinski definition) is 0. The Morgan fingerprint density at radius 1 is 1.15 bits per heavy atom. The summed E-state index contributed by atoms with van der Waals surface area (Å²) in [6, 6.07) is 7.57. The van der Waals surface area contributed by atoms with Gasteiger partial charge in [-0.2, -0.15) is 13.2 Å². The van der Waals surface area contributed by atoms with Gasteiger partial charge in [0.1, 0.15) is 6.10 Å². The number of likely N-dealkylation sites (tertiary alicyclic amines) is 1. The quantitative estimate of drug-likeness (QED) is 0.500. The zero-order valence-corrected chi connectivity index (χ0v) is 20.0. The molecule has 2 aliphatic rings. The molecule has 184 valence electrons. The maximum atomic E-state index is 13.2. The number of rotatable bonds is 5. The monoisotopic (exact) mass is 516 g/mol. The first kappa shape index (κ1) is 25.1. The third-order valence-electron chi connectivity index (χ3n) is 6.59. The third-order valence-corrected chi connectivity index (χ3v) is 7.33. The van der Waals surface area contributed by atoms with Gasteiger partial charge >= 0.3 is 6.18 Å². The Morgan fingerprint density at radius 2 is 1.88 bits per heavy atom. The number of carbonyl (C=O) groups excluding carboxylic acids is 1. The lowest BCUT2D eigenvalue weighted by atomic mass is 9.86. The predicted molar refractivity (Wildman–Crippen MR) is 122 cm³/mol. The average Bonchev–Trinajstić information content (AvgIpc) is 3.26. The summed E-state index contributed by atoms with van der Waals surface area (Å²) >= 11 is 12.4. The Kier molecular flexibility index (Phi) is 7.60. The van der Waals surface area contributed by atoms with Gasteiger partial charge in [0.2, 0.25) is 11.8 Å². The molecule has 1 aromatic carbocycles. The first-order valence-electron chi connectivity index (χ1n) is 11.1. The molecule has 0 saturated carbocycles. The fourth-order valence-corrected chi connectivity index (χ4v) is 4.99. The van der Waals surface area contributed by atoms with Crippen LogP contribution in [0.2, 0.25) is 10.0 Å². The normalized spacial score (nSPS) is 22.6. The molecule has 5 nitrogen and oxygen atoms in total. The highest BCUT2D eigenvalue weighted by Gasteiger charge is 2.42. The van der Waals surface area contributed by atoms with Crippen molar-refractivity contribution in [1.82, 2.24) is 9.88 Å². The fraction of sp³-hybridized carbons (Fsp3) is 0.500. The number of nitrogens with zero attached hydrogens (tertiary/aromatic N) is 2. The molecule has 2 aromatic rings. The molecule has 2 saturated heterocycles. The Hall–Kier alpha value is -2.03. The maximum absolute atomic E-state index is 13.2. The molecule has 0 N–H and O–H groups in total. The second-order valence-electron chi connectivity index (χ2n) is 8.78. The topological polar surface area (TPSA) is 51.7 Å². The number of alkyl halides is 3. The van der Waals surface area contributed by atoms with Gasteiger partial charge in [-0.15, -0.1) is 0 Å². The summed E-state index contributed by atoms with van der Waals surface area (Å²) in [5.74, 6) is -0.0822. The number of benzene rings is 1. The molecule has 10 heteroatoms. The first-order chi connectivity index (χ1) is 16.1. The molecule has 0 spiro atoms. The van der Waals surface area contributed by atoms with E-state index in [0.29, 0.717) is 49.2 Å². The van der Waals surface area contributed by atoms with Crippen molar-refractivity contribution in [2.75, 3.05) is 26.3 Å². The van der Waals surface area contributed by atoms with E-state index in [1.165, 1.54) is 6.07 Å². The van der Waals surface area contributed by atoms with Crippen LogP contribution in [-0.2, 0) is 15.7 Å². The van der Waals surface area contributed by atoms with Gasteiger partial charge in [-0.05, 0) is 43.5 Å². The van der Waals surface area contributed by atoms with E-state index < -0.39 is 17.8 Å². The zero-order valence-electron chi connectivity index (χ0n) is 18.5. The van der Waals surface area contributed by atoms with Crippen LogP contribution in [0.25, 0.3) is 0 Å². The molecule has 2 fully saturated rings. The second kappa shape index (κ2) is 10.3. The number of amides is 1. The van der Waals surface area contributed by atoms with Crippen molar-refractivity contribution < 1.29 is 27.4 Å². The van der Waals surface area contributed by atoms with Gasteiger partial charge < -0.3 is 14.4 Å². The van der Waals surface area contributed by atoms with Gasteiger partial charge in [-0.1, -0.05) is 29.3 Å². The molecule has 34 heavy (non-hydrogen) atoms. The first-order valence-corrected chi connectivity index (χ1v) is 11.9. The molecule has 2 aliphatic heterocycles. The molecule has 0 unspecified atom stereocenters. The van der Waals surface area contributed by atoms with E-state index >= 15 is 0 Å². The van der Waals surface area contributed by atoms with Gasteiger partial charge in [0, 0.05) is 56.3 Å². The minimum Gasteiger partial charge on any atom is -0.474 e.